The van der Waals surface area contributed by atoms with Crippen LogP contribution in [0.15, 0.2) is 48.7 Å². The zero-order valence-corrected chi connectivity index (χ0v) is 21.3. The standard InChI is InChI=1S/C26H23Cl2N3O2S/c1-14-21(16-8-6-9-18(27)22(16)28)23-25(34-14)24(31(2)3)17(13-29-23)26(32)30-19-11-12-33-20-10-5-4-7-15(19)20/h4-10,13,19H,11-12H2,1-3H3,(H,30,32)/t19-/m0/s1. The van der Waals surface area contributed by atoms with E-state index in [0.717, 1.165) is 43.2 Å². The third-order valence-electron chi connectivity index (χ3n) is 6.03. The topological polar surface area (TPSA) is 54.5 Å². The van der Waals surface area contributed by atoms with Gasteiger partial charge in [0.05, 0.1) is 44.2 Å². The first kappa shape index (κ1) is 23.0. The summed E-state index contributed by atoms with van der Waals surface area (Å²) < 4.78 is 6.68. The normalized spacial score (nSPS) is 15.0. The highest BCUT2D eigenvalue weighted by Gasteiger charge is 2.27. The first-order chi connectivity index (χ1) is 16.4. The maximum absolute atomic E-state index is 13.5. The van der Waals surface area contributed by atoms with Crippen LogP contribution >= 0.6 is 34.5 Å². The maximum atomic E-state index is 13.5. The van der Waals surface area contributed by atoms with E-state index in [1.54, 1.807) is 23.6 Å². The summed E-state index contributed by atoms with van der Waals surface area (Å²) in [7, 11) is 3.88. The number of benzene rings is 2. The SMILES string of the molecule is Cc1sc2c(N(C)C)c(C(=O)N[C@H]3CCOc4ccccc43)cnc2c1-c1cccc(Cl)c1Cl. The van der Waals surface area contributed by atoms with E-state index in [-0.39, 0.29) is 11.9 Å². The van der Waals surface area contributed by atoms with Gasteiger partial charge >= 0.3 is 0 Å². The fraction of sp³-hybridized carbons (Fsp3) is 0.231. The van der Waals surface area contributed by atoms with Crippen LogP contribution in [0.5, 0.6) is 5.75 Å². The lowest BCUT2D eigenvalue weighted by molar-refractivity contribution is 0.0925. The fourth-order valence-electron chi connectivity index (χ4n) is 4.48. The van der Waals surface area contributed by atoms with E-state index in [4.69, 9.17) is 32.9 Å². The molecule has 0 saturated heterocycles. The van der Waals surface area contributed by atoms with Crippen molar-refractivity contribution in [2.45, 2.75) is 19.4 Å². The minimum absolute atomic E-state index is 0.117. The highest BCUT2D eigenvalue weighted by molar-refractivity contribution is 7.20. The lowest BCUT2D eigenvalue weighted by Crippen LogP contribution is -2.33. The minimum atomic E-state index is -0.159. The third kappa shape index (κ3) is 3.90. The van der Waals surface area contributed by atoms with Crippen LogP contribution in [0.1, 0.15) is 33.3 Å². The number of amides is 1. The van der Waals surface area contributed by atoms with Gasteiger partial charge in [0.1, 0.15) is 5.75 Å². The molecule has 5 nitrogen and oxygen atoms in total. The van der Waals surface area contributed by atoms with Gasteiger partial charge in [-0.1, -0.05) is 53.5 Å². The van der Waals surface area contributed by atoms with Gasteiger partial charge in [0.25, 0.3) is 5.91 Å². The van der Waals surface area contributed by atoms with E-state index in [1.165, 1.54) is 0 Å². The maximum Gasteiger partial charge on any atom is 0.255 e. The quantitative estimate of drug-likeness (QED) is 0.323. The molecule has 0 bridgehead atoms. The van der Waals surface area contributed by atoms with Gasteiger partial charge < -0.3 is 15.0 Å². The van der Waals surface area contributed by atoms with Crippen molar-refractivity contribution in [3.05, 3.63) is 74.7 Å². The molecule has 1 N–H and O–H groups in total. The summed E-state index contributed by atoms with van der Waals surface area (Å²) in [4.78, 5) is 21.3. The molecule has 0 unspecified atom stereocenters. The average Bonchev–Trinajstić information content (AvgIpc) is 3.15. The molecule has 1 atom stereocenters. The van der Waals surface area contributed by atoms with E-state index in [1.807, 2.05) is 62.3 Å². The Balaban J connectivity index is 1.59. The second-order valence-electron chi connectivity index (χ2n) is 8.43. The molecule has 0 aliphatic carbocycles. The molecular formula is C26H23Cl2N3O2S. The Morgan fingerprint density at radius 3 is 2.76 bits per heavy atom. The van der Waals surface area contributed by atoms with Gasteiger partial charge in [0, 0.05) is 48.3 Å². The molecule has 5 rings (SSSR count). The Morgan fingerprint density at radius 2 is 1.97 bits per heavy atom. The van der Waals surface area contributed by atoms with Gasteiger partial charge in [-0.25, -0.2) is 0 Å². The van der Waals surface area contributed by atoms with Crippen LogP contribution in [-0.4, -0.2) is 31.6 Å². The highest BCUT2D eigenvalue weighted by Crippen LogP contribution is 2.45. The number of rotatable bonds is 4. The van der Waals surface area contributed by atoms with Gasteiger partial charge in [0.15, 0.2) is 0 Å². The van der Waals surface area contributed by atoms with Crippen molar-refractivity contribution in [2.24, 2.45) is 0 Å². The second kappa shape index (κ2) is 9.10. The number of halogens is 2. The summed E-state index contributed by atoms with van der Waals surface area (Å²) in [6.45, 7) is 2.60. The molecule has 0 spiro atoms. The number of carbonyl (C=O) groups is 1. The molecule has 3 heterocycles. The minimum Gasteiger partial charge on any atom is -0.493 e. The number of pyridine rings is 1. The van der Waals surface area contributed by atoms with E-state index in [9.17, 15) is 4.79 Å². The number of nitrogens with one attached hydrogen (secondary N) is 1. The Hall–Kier alpha value is -2.80. The Labute approximate surface area is 212 Å². The number of thiophene rings is 1. The first-order valence-electron chi connectivity index (χ1n) is 10.9. The number of carbonyl (C=O) groups excluding carboxylic acids is 1. The number of hydrogen-bond acceptors (Lipinski definition) is 5. The van der Waals surface area contributed by atoms with Crippen molar-refractivity contribution in [2.75, 3.05) is 25.6 Å². The van der Waals surface area contributed by atoms with Crippen LogP contribution in [0.3, 0.4) is 0 Å². The van der Waals surface area contributed by atoms with Crippen molar-refractivity contribution < 1.29 is 9.53 Å². The number of aromatic nitrogens is 1. The van der Waals surface area contributed by atoms with Crippen LogP contribution in [0.4, 0.5) is 5.69 Å². The van der Waals surface area contributed by atoms with Crippen molar-refractivity contribution in [1.82, 2.24) is 10.3 Å². The van der Waals surface area contributed by atoms with Crippen molar-refractivity contribution in [3.63, 3.8) is 0 Å². The van der Waals surface area contributed by atoms with Gasteiger partial charge in [-0.2, -0.15) is 0 Å². The molecule has 0 saturated carbocycles. The number of hydrogen-bond donors (Lipinski definition) is 1. The number of para-hydroxylation sites is 1. The number of nitrogens with zero attached hydrogens (tertiary/aromatic N) is 2. The Kier molecular flexibility index (Phi) is 6.15. The summed E-state index contributed by atoms with van der Waals surface area (Å²) in [5, 5.41) is 4.20. The molecule has 1 amide bonds. The number of anilines is 1. The number of aryl methyl sites for hydroxylation is 1. The molecule has 174 valence electrons. The number of ether oxygens (including phenoxy) is 1. The Bertz CT molecular complexity index is 1420. The summed E-state index contributed by atoms with van der Waals surface area (Å²) in [5.41, 5.74) is 4.95. The average molecular weight is 512 g/mol. The summed E-state index contributed by atoms with van der Waals surface area (Å²) in [6, 6.07) is 13.3. The molecule has 1 aliphatic heterocycles. The summed E-state index contributed by atoms with van der Waals surface area (Å²) in [6.07, 6.45) is 2.37. The highest BCUT2D eigenvalue weighted by atomic mass is 35.5. The monoisotopic (exact) mass is 511 g/mol. The van der Waals surface area contributed by atoms with Gasteiger partial charge in [-0.15, -0.1) is 11.3 Å². The lowest BCUT2D eigenvalue weighted by Gasteiger charge is -2.27. The van der Waals surface area contributed by atoms with Crippen molar-refractivity contribution in [3.8, 4) is 16.9 Å². The van der Waals surface area contributed by atoms with Crippen LogP contribution < -0.4 is 15.0 Å². The molecule has 2 aromatic carbocycles. The molecular weight excluding hydrogens is 489 g/mol. The summed E-state index contributed by atoms with van der Waals surface area (Å²) >= 11 is 14.4. The zero-order chi connectivity index (χ0) is 24.0. The van der Waals surface area contributed by atoms with Crippen LogP contribution in [0.25, 0.3) is 21.3 Å². The summed E-state index contributed by atoms with van der Waals surface area (Å²) in [5.74, 6) is 0.658. The predicted molar refractivity (Wildman–Crippen MR) is 141 cm³/mol. The second-order valence-corrected chi connectivity index (χ2v) is 10.4. The molecule has 4 aromatic rings. The van der Waals surface area contributed by atoms with Crippen LogP contribution in [-0.2, 0) is 0 Å². The largest absolute Gasteiger partial charge is 0.493 e. The van der Waals surface area contributed by atoms with Gasteiger partial charge in [-0.05, 0) is 19.1 Å². The molecule has 0 fully saturated rings. The van der Waals surface area contributed by atoms with E-state index >= 15 is 0 Å². The molecule has 0 radical (unpaired) electrons. The molecule has 34 heavy (non-hydrogen) atoms. The first-order valence-corrected chi connectivity index (χ1v) is 12.5. The zero-order valence-electron chi connectivity index (χ0n) is 19.0. The van der Waals surface area contributed by atoms with E-state index < -0.39 is 0 Å². The molecule has 8 heteroatoms. The third-order valence-corrected chi connectivity index (χ3v) is 7.95. The smallest absolute Gasteiger partial charge is 0.255 e. The van der Waals surface area contributed by atoms with Crippen LogP contribution in [0, 0.1) is 6.92 Å². The van der Waals surface area contributed by atoms with E-state index in [0.29, 0.717) is 28.6 Å². The van der Waals surface area contributed by atoms with E-state index in [2.05, 4.69) is 5.32 Å². The van der Waals surface area contributed by atoms with Gasteiger partial charge in [-0.3, -0.25) is 9.78 Å². The van der Waals surface area contributed by atoms with Crippen molar-refractivity contribution in [1.29, 1.82) is 0 Å². The molecule has 1 aliphatic rings. The molecule has 2 aromatic heterocycles. The van der Waals surface area contributed by atoms with Crippen LogP contribution in [0.2, 0.25) is 10.0 Å². The lowest BCUT2D eigenvalue weighted by atomic mass is 10.00. The van der Waals surface area contributed by atoms with Gasteiger partial charge in [0.2, 0.25) is 0 Å². The predicted octanol–water partition coefficient (Wildman–Crippen LogP) is 6.90. The van der Waals surface area contributed by atoms with Crippen molar-refractivity contribution >= 4 is 56.3 Å². The Morgan fingerprint density at radius 1 is 1.18 bits per heavy atom. The fourth-order valence-corrected chi connectivity index (χ4v) is 6.13. The number of fused-ring (bicyclic) bond motifs is 2.